The Morgan fingerprint density at radius 3 is 2.43 bits per heavy atom. The minimum absolute atomic E-state index is 0.212. The van der Waals surface area contributed by atoms with Crippen LogP contribution < -0.4 is 4.90 Å². The summed E-state index contributed by atoms with van der Waals surface area (Å²) in [7, 11) is 3.26. The summed E-state index contributed by atoms with van der Waals surface area (Å²) in [4.78, 5) is 12.6. The minimum atomic E-state index is -4.58. The Labute approximate surface area is 119 Å². The van der Waals surface area contributed by atoms with Gasteiger partial charge in [-0.05, 0) is 30.3 Å². The largest absolute Gasteiger partial charge is 0.477 e. The Balaban J connectivity index is 2.68. The van der Waals surface area contributed by atoms with Gasteiger partial charge in [-0.25, -0.2) is 4.79 Å². The van der Waals surface area contributed by atoms with E-state index in [1.807, 2.05) is 0 Å². The molecule has 0 unspecified atom stereocenters. The van der Waals surface area contributed by atoms with Crippen LogP contribution in [0.5, 0.6) is 0 Å². The lowest BCUT2D eigenvalue weighted by molar-refractivity contribution is -0.137. The first-order valence-electron chi connectivity index (χ1n) is 6.01. The van der Waals surface area contributed by atoms with Gasteiger partial charge in [-0.2, -0.15) is 13.2 Å². The van der Waals surface area contributed by atoms with Crippen LogP contribution in [-0.4, -0.2) is 29.7 Å². The molecule has 1 aromatic heterocycles. The van der Waals surface area contributed by atoms with Crippen LogP contribution in [0.15, 0.2) is 36.5 Å². The predicted molar refractivity (Wildman–Crippen MR) is 72.1 cm³/mol. The fraction of sp³-hybridized carbons (Fsp3) is 0.214. The van der Waals surface area contributed by atoms with Crippen molar-refractivity contribution in [3.63, 3.8) is 0 Å². The zero-order valence-corrected chi connectivity index (χ0v) is 11.3. The van der Waals surface area contributed by atoms with Gasteiger partial charge in [0.05, 0.1) is 11.3 Å². The van der Waals surface area contributed by atoms with E-state index in [1.54, 1.807) is 19.0 Å². The lowest BCUT2D eigenvalue weighted by Gasteiger charge is -2.19. The van der Waals surface area contributed by atoms with Crippen molar-refractivity contribution in [3.8, 4) is 5.69 Å². The first-order chi connectivity index (χ1) is 9.71. The number of hydrogen-bond donors (Lipinski definition) is 1. The summed E-state index contributed by atoms with van der Waals surface area (Å²) in [5, 5.41) is 9.04. The number of aromatic nitrogens is 1. The molecule has 0 saturated heterocycles. The van der Waals surface area contributed by atoms with Gasteiger partial charge in [0.25, 0.3) is 0 Å². The molecule has 0 fully saturated rings. The van der Waals surface area contributed by atoms with Crippen LogP contribution in [-0.2, 0) is 6.18 Å². The van der Waals surface area contributed by atoms with Gasteiger partial charge in [-0.1, -0.05) is 0 Å². The molecule has 0 radical (unpaired) electrons. The van der Waals surface area contributed by atoms with Gasteiger partial charge in [0.2, 0.25) is 0 Å². The van der Waals surface area contributed by atoms with Gasteiger partial charge in [-0.3, -0.25) is 0 Å². The minimum Gasteiger partial charge on any atom is -0.477 e. The number of nitrogens with zero attached hydrogens (tertiary/aromatic N) is 2. The van der Waals surface area contributed by atoms with E-state index in [1.165, 1.54) is 30.5 Å². The number of halogens is 3. The van der Waals surface area contributed by atoms with E-state index in [0.717, 1.165) is 10.6 Å². The zero-order valence-electron chi connectivity index (χ0n) is 11.3. The third-order valence-electron chi connectivity index (χ3n) is 3.03. The van der Waals surface area contributed by atoms with Crippen LogP contribution in [0.3, 0.4) is 0 Å². The Kier molecular flexibility index (Phi) is 3.67. The summed E-state index contributed by atoms with van der Waals surface area (Å²) in [6, 6.07) is 6.42. The predicted octanol–water partition coefficient (Wildman–Crippen LogP) is 3.26. The Bertz CT molecular complexity index is 675. The molecular weight excluding hydrogens is 285 g/mol. The average molecular weight is 298 g/mol. The van der Waals surface area contributed by atoms with E-state index in [2.05, 4.69) is 0 Å². The van der Waals surface area contributed by atoms with E-state index in [9.17, 15) is 18.0 Å². The molecule has 2 rings (SSSR count). The monoisotopic (exact) mass is 298 g/mol. The Morgan fingerprint density at radius 1 is 1.24 bits per heavy atom. The molecule has 0 aliphatic carbocycles. The number of carboxylic acids is 1. The molecule has 21 heavy (non-hydrogen) atoms. The smallest absolute Gasteiger partial charge is 0.418 e. The van der Waals surface area contributed by atoms with Crippen molar-refractivity contribution < 1.29 is 23.1 Å². The molecule has 1 aromatic carbocycles. The highest BCUT2D eigenvalue weighted by Crippen LogP contribution is 2.36. The molecule has 0 saturated carbocycles. The second-order valence-corrected chi connectivity index (χ2v) is 4.66. The molecule has 0 aliphatic heterocycles. The first-order valence-corrected chi connectivity index (χ1v) is 6.01. The number of hydrogen-bond acceptors (Lipinski definition) is 2. The number of carboxylic acid groups (broad SMARTS) is 1. The molecule has 7 heteroatoms. The summed E-state index contributed by atoms with van der Waals surface area (Å²) in [5.41, 5.74) is -0.934. The normalized spacial score (nSPS) is 11.5. The van der Waals surface area contributed by atoms with Crippen LogP contribution >= 0.6 is 0 Å². The number of carbonyl (C=O) groups is 1. The van der Waals surface area contributed by atoms with Gasteiger partial charge in [0.15, 0.2) is 0 Å². The summed E-state index contributed by atoms with van der Waals surface area (Å²) in [5.74, 6) is -1.29. The van der Waals surface area contributed by atoms with Crippen molar-refractivity contribution in [2.75, 3.05) is 19.0 Å². The molecular formula is C14H13F3N2O2. The second-order valence-electron chi connectivity index (χ2n) is 4.66. The number of rotatable bonds is 3. The lowest BCUT2D eigenvalue weighted by Crippen LogP contribution is -2.16. The lowest BCUT2D eigenvalue weighted by atomic mass is 10.1. The van der Waals surface area contributed by atoms with Gasteiger partial charge in [-0.15, -0.1) is 0 Å². The van der Waals surface area contributed by atoms with E-state index in [4.69, 9.17) is 5.11 Å². The highest BCUT2D eigenvalue weighted by Gasteiger charge is 2.35. The van der Waals surface area contributed by atoms with E-state index >= 15 is 0 Å². The van der Waals surface area contributed by atoms with E-state index < -0.39 is 17.7 Å². The van der Waals surface area contributed by atoms with Crippen LogP contribution in [0.1, 0.15) is 16.1 Å². The SMILES string of the molecule is CN(C)c1ccc(-n2cccc2C(=O)O)c(C(F)(F)F)c1. The summed E-state index contributed by atoms with van der Waals surface area (Å²) in [6.07, 6.45) is -3.29. The van der Waals surface area contributed by atoms with Crippen LogP contribution in [0.2, 0.25) is 0 Å². The van der Waals surface area contributed by atoms with E-state index in [-0.39, 0.29) is 11.4 Å². The third kappa shape index (κ3) is 2.86. The fourth-order valence-corrected chi connectivity index (χ4v) is 2.00. The molecule has 112 valence electrons. The molecule has 1 N–H and O–H groups in total. The molecule has 2 aromatic rings. The summed E-state index contributed by atoms with van der Waals surface area (Å²) in [6.45, 7) is 0. The van der Waals surface area contributed by atoms with Crippen molar-refractivity contribution in [3.05, 3.63) is 47.8 Å². The second kappa shape index (κ2) is 5.16. The standard InChI is InChI=1S/C14H13F3N2O2/c1-18(2)9-5-6-11(10(8-9)14(15,16)17)19-7-3-4-12(19)13(20)21/h3-8H,1-2H3,(H,20,21). The van der Waals surface area contributed by atoms with Crippen molar-refractivity contribution in [1.82, 2.24) is 4.57 Å². The molecule has 0 atom stereocenters. The fourth-order valence-electron chi connectivity index (χ4n) is 2.00. The summed E-state index contributed by atoms with van der Waals surface area (Å²) >= 11 is 0. The van der Waals surface area contributed by atoms with Gasteiger partial charge in [0, 0.05) is 26.0 Å². The number of anilines is 1. The van der Waals surface area contributed by atoms with Gasteiger partial charge < -0.3 is 14.6 Å². The van der Waals surface area contributed by atoms with Gasteiger partial charge in [0.1, 0.15) is 5.69 Å². The number of aromatic carboxylic acids is 1. The summed E-state index contributed by atoms with van der Waals surface area (Å²) < 4.78 is 40.7. The Hall–Kier alpha value is -2.44. The maximum atomic E-state index is 13.2. The third-order valence-corrected chi connectivity index (χ3v) is 3.03. The quantitative estimate of drug-likeness (QED) is 0.946. The van der Waals surface area contributed by atoms with Crippen molar-refractivity contribution in [1.29, 1.82) is 0 Å². The van der Waals surface area contributed by atoms with Crippen molar-refractivity contribution in [2.45, 2.75) is 6.18 Å². The Morgan fingerprint density at radius 2 is 1.90 bits per heavy atom. The van der Waals surface area contributed by atoms with Crippen LogP contribution in [0.4, 0.5) is 18.9 Å². The topological polar surface area (TPSA) is 45.5 Å². The highest BCUT2D eigenvalue weighted by molar-refractivity contribution is 5.86. The molecule has 0 aliphatic rings. The molecule has 1 heterocycles. The van der Waals surface area contributed by atoms with Crippen LogP contribution in [0, 0.1) is 0 Å². The first kappa shape index (κ1) is 15.0. The maximum absolute atomic E-state index is 13.2. The van der Waals surface area contributed by atoms with Crippen molar-refractivity contribution >= 4 is 11.7 Å². The molecule has 0 amide bonds. The van der Waals surface area contributed by atoms with Gasteiger partial charge >= 0.3 is 12.1 Å². The molecule has 0 bridgehead atoms. The maximum Gasteiger partial charge on any atom is 0.418 e. The number of alkyl halides is 3. The zero-order chi connectivity index (χ0) is 15.8. The van der Waals surface area contributed by atoms with E-state index in [0.29, 0.717) is 5.69 Å². The van der Waals surface area contributed by atoms with Crippen LogP contribution in [0.25, 0.3) is 5.69 Å². The number of benzene rings is 1. The molecule has 0 spiro atoms. The van der Waals surface area contributed by atoms with Crippen molar-refractivity contribution in [2.24, 2.45) is 0 Å². The average Bonchev–Trinajstić information content (AvgIpc) is 2.86. The molecule has 4 nitrogen and oxygen atoms in total. The highest BCUT2D eigenvalue weighted by atomic mass is 19.4.